The Kier molecular flexibility index (Phi) is 4.43. The summed E-state index contributed by atoms with van der Waals surface area (Å²) >= 11 is 0. The van der Waals surface area contributed by atoms with E-state index in [9.17, 15) is 12.8 Å². The van der Waals surface area contributed by atoms with Crippen molar-refractivity contribution < 1.29 is 12.8 Å². The zero-order valence-corrected chi connectivity index (χ0v) is 14.3. The van der Waals surface area contributed by atoms with Crippen molar-refractivity contribution in [3.05, 3.63) is 54.5 Å². The van der Waals surface area contributed by atoms with Gasteiger partial charge >= 0.3 is 0 Å². The van der Waals surface area contributed by atoms with E-state index >= 15 is 0 Å². The van der Waals surface area contributed by atoms with Crippen LogP contribution >= 0.6 is 0 Å². The van der Waals surface area contributed by atoms with Crippen molar-refractivity contribution in [1.29, 1.82) is 0 Å². The number of aromatic nitrogens is 1. The predicted molar refractivity (Wildman–Crippen MR) is 93.8 cm³/mol. The number of hydrogen-bond donors (Lipinski definition) is 2. The van der Waals surface area contributed by atoms with Crippen molar-refractivity contribution in [3.63, 3.8) is 0 Å². The summed E-state index contributed by atoms with van der Waals surface area (Å²) in [4.78, 5) is 3.27. The van der Waals surface area contributed by atoms with Crippen molar-refractivity contribution in [2.45, 2.75) is 31.2 Å². The van der Waals surface area contributed by atoms with Crippen LogP contribution in [0, 0.1) is 5.82 Å². The zero-order valence-electron chi connectivity index (χ0n) is 13.5. The highest BCUT2D eigenvalue weighted by atomic mass is 32.2. The lowest BCUT2D eigenvalue weighted by Crippen LogP contribution is -2.31. The molecular formula is C18H19FN2O2S. The molecule has 0 spiro atoms. The number of fused-ring (bicyclic) bond motifs is 1. The average molecular weight is 346 g/mol. The van der Waals surface area contributed by atoms with Crippen molar-refractivity contribution in [1.82, 2.24) is 9.71 Å². The van der Waals surface area contributed by atoms with E-state index in [-0.39, 0.29) is 16.8 Å². The topological polar surface area (TPSA) is 62.0 Å². The van der Waals surface area contributed by atoms with E-state index in [0.29, 0.717) is 5.52 Å². The van der Waals surface area contributed by atoms with E-state index in [0.717, 1.165) is 22.9 Å². The highest BCUT2D eigenvalue weighted by Gasteiger charge is 2.16. The first-order valence-corrected chi connectivity index (χ1v) is 9.28. The zero-order chi connectivity index (χ0) is 17.3. The molecule has 0 amide bonds. The molecule has 1 aromatic heterocycles. The second-order valence-corrected chi connectivity index (χ2v) is 7.56. The average Bonchev–Trinajstić information content (AvgIpc) is 2.97. The first-order valence-electron chi connectivity index (χ1n) is 7.80. The van der Waals surface area contributed by atoms with Crippen LogP contribution in [-0.2, 0) is 10.0 Å². The molecule has 0 aliphatic carbocycles. The monoisotopic (exact) mass is 346 g/mol. The molecule has 0 saturated heterocycles. The number of sulfonamides is 1. The molecule has 1 unspecified atom stereocenters. The third-order valence-electron chi connectivity index (χ3n) is 4.09. The number of aromatic amines is 1. The first kappa shape index (κ1) is 16.7. The molecule has 0 aliphatic rings. The van der Waals surface area contributed by atoms with Crippen molar-refractivity contribution in [3.8, 4) is 11.1 Å². The second-order valence-electron chi connectivity index (χ2n) is 5.85. The van der Waals surface area contributed by atoms with Gasteiger partial charge in [-0.1, -0.05) is 19.1 Å². The Balaban J connectivity index is 1.94. The minimum absolute atomic E-state index is 0.113. The fraction of sp³-hybridized carbons (Fsp3) is 0.222. The number of H-pyrrole nitrogens is 1. The van der Waals surface area contributed by atoms with Crippen LogP contribution in [0.2, 0.25) is 0 Å². The summed E-state index contributed by atoms with van der Waals surface area (Å²) in [5.41, 5.74) is 2.49. The molecule has 2 aromatic carbocycles. The molecule has 126 valence electrons. The molecule has 0 aliphatic heterocycles. The maximum absolute atomic E-state index is 13.3. The maximum atomic E-state index is 13.3. The van der Waals surface area contributed by atoms with E-state index in [1.165, 1.54) is 12.1 Å². The summed E-state index contributed by atoms with van der Waals surface area (Å²) in [6.07, 6.45) is 2.52. The summed E-state index contributed by atoms with van der Waals surface area (Å²) in [6, 6.07) is 11.1. The predicted octanol–water partition coefficient (Wildman–Crippen LogP) is 4.05. The van der Waals surface area contributed by atoms with Crippen LogP contribution in [0.25, 0.3) is 22.0 Å². The fourth-order valence-electron chi connectivity index (χ4n) is 2.57. The van der Waals surface area contributed by atoms with Gasteiger partial charge in [0.25, 0.3) is 0 Å². The second kappa shape index (κ2) is 6.37. The molecule has 4 nitrogen and oxygen atoms in total. The maximum Gasteiger partial charge on any atom is 0.240 e. The van der Waals surface area contributed by atoms with Crippen molar-refractivity contribution in [2.24, 2.45) is 0 Å². The van der Waals surface area contributed by atoms with Gasteiger partial charge in [0.15, 0.2) is 0 Å². The van der Waals surface area contributed by atoms with E-state index in [2.05, 4.69) is 9.71 Å². The van der Waals surface area contributed by atoms with Gasteiger partial charge in [0, 0.05) is 28.7 Å². The molecule has 3 aromatic rings. The molecule has 1 heterocycles. The molecule has 6 heteroatoms. The van der Waals surface area contributed by atoms with Gasteiger partial charge in [0.2, 0.25) is 10.0 Å². The van der Waals surface area contributed by atoms with Crippen LogP contribution in [0.3, 0.4) is 0 Å². The Labute approximate surface area is 140 Å². The minimum atomic E-state index is -3.51. The van der Waals surface area contributed by atoms with E-state index in [1.54, 1.807) is 36.5 Å². The van der Waals surface area contributed by atoms with Crippen molar-refractivity contribution in [2.75, 3.05) is 0 Å². The lowest BCUT2D eigenvalue weighted by atomic mass is 10.1. The van der Waals surface area contributed by atoms with Crippen LogP contribution in [0.5, 0.6) is 0 Å². The Bertz CT molecular complexity index is 962. The summed E-state index contributed by atoms with van der Waals surface area (Å²) in [6.45, 7) is 3.76. The smallest absolute Gasteiger partial charge is 0.240 e. The standard InChI is InChI=1S/C18H19FN2O2S/c1-3-12(2)21-24(22,23)15-7-4-13(5-8-15)17-11-20-18-10-14(19)6-9-16(17)18/h4-12,20-21H,3H2,1-2H3. The van der Waals surface area contributed by atoms with Gasteiger partial charge in [-0.05, 0) is 49.2 Å². The SMILES string of the molecule is CCC(C)NS(=O)(=O)c1ccc(-c2c[nH]c3cc(F)ccc23)cc1. The minimum Gasteiger partial charge on any atom is -0.360 e. The highest BCUT2D eigenvalue weighted by molar-refractivity contribution is 7.89. The van der Waals surface area contributed by atoms with E-state index < -0.39 is 10.0 Å². The van der Waals surface area contributed by atoms with Gasteiger partial charge in [-0.25, -0.2) is 17.5 Å². The lowest BCUT2D eigenvalue weighted by molar-refractivity contribution is 0.556. The Morgan fingerprint density at radius 2 is 1.88 bits per heavy atom. The molecule has 24 heavy (non-hydrogen) atoms. The first-order chi connectivity index (χ1) is 11.4. The highest BCUT2D eigenvalue weighted by Crippen LogP contribution is 2.29. The van der Waals surface area contributed by atoms with Crippen LogP contribution in [0.4, 0.5) is 4.39 Å². The number of nitrogens with one attached hydrogen (secondary N) is 2. The Morgan fingerprint density at radius 1 is 1.17 bits per heavy atom. The van der Waals surface area contributed by atoms with Gasteiger partial charge in [0.05, 0.1) is 4.90 Å². The van der Waals surface area contributed by atoms with Gasteiger partial charge < -0.3 is 4.98 Å². The van der Waals surface area contributed by atoms with Crippen LogP contribution in [0.15, 0.2) is 53.6 Å². The van der Waals surface area contributed by atoms with Gasteiger partial charge in [0.1, 0.15) is 5.82 Å². The van der Waals surface area contributed by atoms with Gasteiger partial charge in [-0.15, -0.1) is 0 Å². The Morgan fingerprint density at radius 3 is 2.54 bits per heavy atom. The molecule has 1 atom stereocenters. The molecule has 0 radical (unpaired) electrons. The largest absolute Gasteiger partial charge is 0.360 e. The van der Waals surface area contributed by atoms with E-state index in [4.69, 9.17) is 0 Å². The molecule has 3 rings (SSSR count). The van der Waals surface area contributed by atoms with Crippen LogP contribution in [0.1, 0.15) is 20.3 Å². The summed E-state index contributed by atoms with van der Waals surface area (Å²) in [5.74, 6) is -0.298. The number of hydrogen-bond acceptors (Lipinski definition) is 2. The number of rotatable bonds is 5. The van der Waals surface area contributed by atoms with Gasteiger partial charge in [-0.2, -0.15) is 0 Å². The quantitative estimate of drug-likeness (QED) is 0.732. The summed E-state index contributed by atoms with van der Waals surface area (Å²) < 4.78 is 40.5. The molecule has 0 bridgehead atoms. The fourth-order valence-corrected chi connectivity index (χ4v) is 3.89. The molecular weight excluding hydrogens is 327 g/mol. The number of halogens is 1. The molecule has 0 fully saturated rings. The van der Waals surface area contributed by atoms with Crippen LogP contribution < -0.4 is 4.72 Å². The summed E-state index contributed by atoms with van der Waals surface area (Å²) in [5, 5.41) is 0.893. The van der Waals surface area contributed by atoms with Crippen LogP contribution in [-0.4, -0.2) is 19.4 Å². The number of benzene rings is 2. The lowest BCUT2D eigenvalue weighted by Gasteiger charge is -2.12. The molecule has 2 N–H and O–H groups in total. The Hall–Kier alpha value is -2.18. The normalized spacial score (nSPS) is 13.3. The van der Waals surface area contributed by atoms with Crippen molar-refractivity contribution >= 4 is 20.9 Å². The third kappa shape index (κ3) is 3.20. The molecule has 0 saturated carbocycles. The van der Waals surface area contributed by atoms with Gasteiger partial charge in [-0.3, -0.25) is 0 Å². The summed E-state index contributed by atoms with van der Waals surface area (Å²) in [7, 11) is -3.51. The third-order valence-corrected chi connectivity index (χ3v) is 5.69. The van der Waals surface area contributed by atoms with E-state index in [1.807, 2.05) is 13.8 Å².